The Balaban J connectivity index is 1.62. The molecule has 3 rings (SSSR count). The van der Waals surface area contributed by atoms with E-state index in [1.165, 1.54) is 53.3 Å². The van der Waals surface area contributed by atoms with Crippen LogP contribution in [0.3, 0.4) is 0 Å². The van der Waals surface area contributed by atoms with Crippen LogP contribution in [-0.2, 0) is 12.8 Å². The Morgan fingerprint density at radius 3 is 2.74 bits per heavy atom. The van der Waals surface area contributed by atoms with Crippen molar-refractivity contribution >= 4 is 23.2 Å². The summed E-state index contributed by atoms with van der Waals surface area (Å²) in [5.41, 5.74) is 6.34. The van der Waals surface area contributed by atoms with Gasteiger partial charge in [-0.05, 0) is 50.3 Å². The number of hydrogen-bond acceptors (Lipinski definition) is 5. The second-order valence-corrected chi connectivity index (χ2v) is 6.65. The summed E-state index contributed by atoms with van der Waals surface area (Å²) in [6.45, 7) is 1.70. The SMILES string of the molecule is Cc1nccc(C(=O)NNC(=O)c2cc3c(s2)CCCCC3)n1. The second-order valence-electron chi connectivity index (χ2n) is 5.52. The molecule has 1 aliphatic carbocycles. The lowest BCUT2D eigenvalue weighted by atomic mass is 10.1. The molecular formula is C16H18N4O2S. The standard InChI is InChI=1S/C16H18N4O2S/c1-10-17-8-7-12(18-10)15(21)19-20-16(22)14-9-11-5-3-2-4-6-13(11)23-14/h7-9H,2-6H2,1H3,(H,19,21)(H,20,22). The Labute approximate surface area is 138 Å². The molecule has 0 bridgehead atoms. The normalized spacial score (nSPS) is 13.8. The van der Waals surface area contributed by atoms with Crippen LogP contribution in [0.1, 0.15) is 55.7 Å². The molecule has 0 saturated carbocycles. The molecular weight excluding hydrogens is 312 g/mol. The fourth-order valence-corrected chi connectivity index (χ4v) is 3.75. The van der Waals surface area contributed by atoms with Gasteiger partial charge in [-0.1, -0.05) is 6.42 Å². The molecule has 6 nitrogen and oxygen atoms in total. The lowest BCUT2D eigenvalue weighted by molar-refractivity contribution is 0.0846. The Morgan fingerprint density at radius 1 is 1.13 bits per heavy atom. The molecule has 0 unspecified atom stereocenters. The average molecular weight is 330 g/mol. The van der Waals surface area contributed by atoms with E-state index in [1.54, 1.807) is 6.92 Å². The minimum Gasteiger partial charge on any atom is -0.266 e. The van der Waals surface area contributed by atoms with Crippen LogP contribution in [0.15, 0.2) is 18.3 Å². The molecule has 2 N–H and O–H groups in total. The fraction of sp³-hybridized carbons (Fsp3) is 0.375. The van der Waals surface area contributed by atoms with E-state index in [2.05, 4.69) is 20.8 Å². The molecule has 2 heterocycles. The maximum Gasteiger partial charge on any atom is 0.288 e. The zero-order valence-electron chi connectivity index (χ0n) is 12.9. The smallest absolute Gasteiger partial charge is 0.266 e. The molecule has 7 heteroatoms. The minimum atomic E-state index is -0.457. The summed E-state index contributed by atoms with van der Waals surface area (Å²) in [5.74, 6) is -0.241. The monoisotopic (exact) mass is 330 g/mol. The van der Waals surface area contributed by atoms with Crippen molar-refractivity contribution in [3.8, 4) is 0 Å². The van der Waals surface area contributed by atoms with Crippen molar-refractivity contribution in [2.24, 2.45) is 0 Å². The van der Waals surface area contributed by atoms with Crippen molar-refractivity contribution in [2.45, 2.75) is 39.0 Å². The van der Waals surface area contributed by atoms with E-state index >= 15 is 0 Å². The van der Waals surface area contributed by atoms with Crippen LogP contribution in [0.4, 0.5) is 0 Å². The van der Waals surface area contributed by atoms with Gasteiger partial charge in [-0.3, -0.25) is 20.4 Å². The van der Waals surface area contributed by atoms with Gasteiger partial charge in [0.25, 0.3) is 11.8 Å². The highest BCUT2D eigenvalue weighted by Crippen LogP contribution is 2.28. The summed E-state index contributed by atoms with van der Waals surface area (Å²) in [5, 5.41) is 0. The van der Waals surface area contributed by atoms with E-state index in [-0.39, 0.29) is 11.6 Å². The Morgan fingerprint density at radius 2 is 1.91 bits per heavy atom. The van der Waals surface area contributed by atoms with Crippen LogP contribution >= 0.6 is 11.3 Å². The molecule has 1 aliphatic rings. The van der Waals surface area contributed by atoms with Crippen molar-refractivity contribution < 1.29 is 9.59 Å². The highest BCUT2D eigenvalue weighted by Gasteiger charge is 2.17. The van der Waals surface area contributed by atoms with Crippen LogP contribution in [0, 0.1) is 6.92 Å². The van der Waals surface area contributed by atoms with Gasteiger partial charge in [0.1, 0.15) is 11.5 Å². The van der Waals surface area contributed by atoms with Crippen LogP contribution in [0.5, 0.6) is 0 Å². The lowest BCUT2D eigenvalue weighted by Gasteiger charge is -2.05. The van der Waals surface area contributed by atoms with E-state index < -0.39 is 5.91 Å². The third-order valence-electron chi connectivity index (χ3n) is 3.77. The Kier molecular flexibility index (Phi) is 4.66. The molecule has 0 aromatic carbocycles. The van der Waals surface area contributed by atoms with Gasteiger partial charge in [-0.25, -0.2) is 9.97 Å². The Bertz CT molecular complexity index is 718. The summed E-state index contributed by atoms with van der Waals surface area (Å²) in [6.07, 6.45) is 7.19. The minimum absolute atomic E-state index is 0.222. The van der Waals surface area contributed by atoms with Crippen LogP contribution in [0.25, 0.3) is 0 Å². The maximum atomic E-state index is 12.2. The molecule has 0 fully saturated rings. The molecule has 2 amide bonds. The van der Waals surface area contributed by atoms with Crippen LogP contribution < -0.4 is 10.9 Å². The van der Waals surface area contributed by atoms with Gasteiger partial charge in [0, 0.05) is 11.1 Å². The van der Waals surface area contributed by atoms with Crippen molar-refractivity contribution in [2.75, 3.05) is 0 Å². The number of carbonyl (C=O) groups excluding carboxylic acids is 2. The van der Waals surface area contributed by atoms with Gasteiger partial charge < -0.3 is 0 Å². The molecule has 0 spiro atoms. The molecule has 0 aliphatic heterocycles. The van der Waals surface area contributed by atoms with Crippen molar-refractivity contribution in [3.63, 3.8) is 0 Å². The first-order valence-corrected chi connectivity index (χ1v) is 8.47. The number of nitrogens with zero attached hydrogens (tertiary/aromatic N) is 2. The summed E-state index contributed by atoms with van der Waals surface area (Å²) in [7, 11) is 0. The topological polar surface area (TPSA) is 84.0 Å². The Hall–Kier alpha value is -2.28. The largest absolute Gasteiger partial charge is 0.288 e. The van der Waals surface area contributed by atoms with E-state index in [4.69, 9.17) is 0 Å². The number of hydrogen-bond donors (Lipinski definition) is 2. The van der Waals surface area contributed by atoms with E-state index in [9.17, 15) is 9.59 Å². The molecule has 120 valence electrons. The van der Waals surface area contributed by atoms with Gasteiger partial charge in [-0.2, -0.15) is 0 Å². The van der Waals surface area contributed by atoms with Crippen molar-refractivity contribution in [1.82, 2.24) is 20.8 Å². The van der Waals surface area contributed by atoms with Gasteiger partial charge in [0.15, 0.2) is 0 Å². The number of rotatable bonds is 2. The van der Waals surface area contributed by atoms with Crippen LogP contribution in [0.2, 0.25) is 0 Å². The highest BCUT2D eigenvalue weighted by atomic mass is 32.1. The summed E-state index contributed by atoms with van der Waals surface area (Å²) < 4.78 is 0. The summed E-state index contributed by atoms with van der Waals surface area (Å²) in [4.78, 5) is 34.0. The number of amides is 2. The zero-order valence-corrected chi connectivity index (χ0v) is 13.7. The molecule has 0 saturated heterocycles. The zero-order chi connectivity index (χ0) is 16.2. The number of fused-ring (bicyclic) bond motifs is 1. The first kappa shape index (κ1) is 15.6. The fourth-order valence-electron chi connectivity index (χ4n) is 2.60. The van der Waals surface area contributed by atoms with Crippen molar-refractivity contribution in [3.05, 3.63) is 45.2 Å². The molecule has 0 radical (unpaired) electrons. The lowest BCUT2D eigenvalue weighted by Crippen LogP contribution is -2.41. The molecule has 0 atom stereocenters. The third kappa shape index (κ3) is 3.73. The number of carbonyl (C=O) groups is 2. The number of thiophene rings is 1. The predicted molar refractivity (Wildman–Crippen MR) is 87.3 cm³/mol. The number of aromatic nitrogens is 2. The maximum absolute atomic E-state index is 12.2. The van der Waals surface area contributed by atoms with Gasteiger partial charge in [-0.15, -0.1) is 11.3 Å². The number of nitrogens with one attached hydrogen (secondary N) is 2. The van der Waals surface area contributed by atoms with Crippen LogP contribution in [-0.4, -0.2) is 21.8 Å². The van der Waals surface area contributed by atoms with E-state index in [0.29, 0.717) is 10.7 Å². The quantitative estimate of drug-likeness (QED) is 0.653. The van der Waals surface area contributed by atoms with Gasteiger partial charge in [0.2, 0.25) is 0 Å². The van der Waals surface area contributed by atoms with E-state index in [1.807, 2.05) is 6.07 Å². The van der Waals surface area contributed by atoms with Gasteiger partial charge >= 0.3 is 0 Å². The summed E-state index contributed by atoms with van der Waals surface area (Å²) >= 11 is 1.52. The summed E-state index contributed by atoms with van der Waals surface area (Å²) in [6, 6.07) is 3.45. The predicted octanol–water partition coefficient (Wildman–Crippen LogP) is 2.19. The first-order chi connectivity index (χ1) is 11.1. The third-order valence-corrected chi connectivity index (χ3v) is 5.00. The molecule has 23 heavy (non-hydrogen) atoms. The van der Waals surface area contributed by atoms with Crippen molar-refractivity contribution in [1.29, 1.82) is 0 Å². The van der Waals surface area contributed by atoms with E-state index in [0.717, 1.165) is 12.8 Å². The van der Waals surface area contributed by atoms with Gasteiger partial charge in [0.05, 0.1) is 4.88 Å². The number of aryl methyl sites for hydroxylation is 3. The molecule has 2 aromatic rings. The average Bonchev–Trinajstić information content (AvgIpc) is 2.83. The first-order valence-electron chi connectivity index (χ1n) is 7.65. The molecule has 2 aromatic heterocycles. The second kappa shape index (κ2) is 6.87. The highest BCUT2D eigenvalue weighted by molar-refractivity contribution is 7.14. The number of hydrazine groups is 1.